The van der Waals surface area contributed by atoms with Crippen LogP contribution in [-0.2, 0) is 40.0 Å². The van der Waals surface area contributed by atoms with E-state index in [2.05, 4.69) is 18.9 Å². The van der Waals surface area contributed by atoms with Gasteiger partial charge in [0.1, 0.15) is 49.2 Å². The molecular weight excluding hydrogens is 886 g/mol. The maximum Gasteiger partial charge on any atom is 0.432 e. The van der Waals surface area contributed by atoms with Crippen LogP contribution in [0.25, 0.3) is 0 Å². The lowest BCUT2D eigenvalue weighted by molar-refractivity contribution is -0.397. The van der Waals surface area contributed by atoms with Crippen molar-refractivity contribution in [1.29, 1.82) is 0 Å². The van der Waals surface area contributed by atoms with Crippen molar-refractivity contribution in [3.63, 3.8) is 0 Å². The summed E-state index contributed by atoms with van der Waals surface area (Å²) in [6.45, 7) is -5.68. The summed E-state index contributed by atoms with van der Waals surface area (Å²) in [5.74, 6) is -2.55. The van der Waals surface area contributed by atoms with Gasteiger partial charge in [-0.05, 0) is 49.4 Å². The zero-order valence-corrected chi connectivity index (χ0v) is 31.7. The molecule has 3 atom stereocenters. The highest BCUT2D eigenvalue weighted by atomic mass is 32.2. The smallest absolute Gasteiger partial charge is 0.432 e. The molecule has 0 fully saturated rings. The number of methoxy groups -OCH3 is 2. The minimum absolute atomic E-state index is 0.0116. The van der Waals surface area contributed by atoms with E-state index in [1.807, 2.05) is 0 Å². The van der Waals surface area contributed by atoms with Crippen LogP contribution in [0.15, 0.2) is 87.5 Å². The Kier molecular flexibility index (Phi) is 15.5. The average Bonchev–Trinajstić information content (AvgIpc) is 3.11. The zero-order valence-electron chi connectivity index (χ0n) is 30.1. The number of hydrogen-bond donors (Lipinski definition) is 1. The predicted octanol–water partition coefficient (Wildman–Crippen LogP) is 8.76. The number of halogens is 14. The molecule has 0 saturated heterocycles. The Morgan fingerprint density at radius 1 is 0.644 bits per heavy atom. The Bertz CT molecular complexity index is 1910. The van der Waals surface area contributed by atoms with Crippen molar-refractivity contribution in [2.75, 3.05) is 41.0 Å². The van der Waals surface area contributed by atoms with Crippen LogP contribution in [-0.4, -0.2) is 101 Å². The fourth-order valence-electron chi connectivity index (χ4n) is 4.54. The summed E-state index contributed by atoms with van der Waals surface area (Å²) in [6, 6.07) is 12.9. The third-order valence-corrected chi connectivity index (χ3v) is 10.9. The molecule has 0 aromatic heterocycles. The van der Waals surface area contributed by atoms with Crippen LogP contribution in [0.5, 0.6) is 17.2 Å². The van der Waals surface area contributed by atoms with Gasteiger partial charge in [0.2, 0.25) is 4.90 Å². The summed E-state index contributed by atoms with van der Waals surface area (Å²) in [4.78, 5) is 0.0386. The van der Waals surface area contributed by atoms with E-state index in [4.69, 9.17) is 18.8 Å². The van der Waals surface area contributed by atoms with Gasteiger partial charge in [-0.15, -0.1) is 0 Å². The minimum Gasteiger partial charge on any atom is -0.490 e. The highest BCUT2D eigenvalue weighted by Gasteiger charge is 2.73. The molecule has 0 saturated carbocycles. The molecule has 10 nitrogen and oxygen atoms in total. The van der Waals surface area contributed by atoms with Crippen LogP contribution >= 0.6 is 0 Å². The summed E-state index contributed by atoms with van der Waals surface area (Å²) in [5.41, 5.74) is -8.18. The maximum atomic E-state index is 14.2. The lowest BCUT2D eigenvalue weighted by atomic mass is 10.0. The SMILES string of the molecule is COCOC(C)(COc1cc(OCC(OCOC)(C(F)(F)F)C(F)(F)F)ccc1[S+](c1ccccc1)c1ccc(OC(C(F)(F)F)C(F)(F)S(=O)(=O)O)cc1)C(F)(F)F. The molecule has 3 aromatic carbocycles. The first-order valence-electron chi connectivity index (χ1n) is 15.8. The molecule has 0 aliphatic rings. The maximum absolute atomic E-state index is 14.2. The third kappa shape index (κ3) is 11.5. The fraction of sp³-hybridized carbons (Fsp3) is 0.455. The number of benzene rings is 3. The third-order valence-electron chi connectivity index (χ3n) is 7.75. The standard InChI is InChI=1S/C33H30F14O10S2/c1-27(31(39,40)41,55-18-51-2)16-54-24-15-21(53-17-28(32(42,43)44,33(45,46)47)56-19-52-3)11-14-25(24)58(22-7-5-4-6-8-22)23-12-9-20(10-13-23)57-26(29(34,35)36)30(37,38)59(48,49)50/h4-15,26H,16-19H2,1-3H3/p+1. The Morgan fingerprint density at radius 3 is 1.63 bits per heavy atom. The second-order valence-corrected chi connectivity index (χ2v) is 15.5. The van der Waals surface area contributed by atoms with E-state index in [9.17, 15) is 69.9 Å². The van der Waals surface area contributed by atoms with E-state index >= 15 is 0 Å². The predicted molar refractivity (Wildman–Crippen MR) is 175 cm³/mol. The number of hydrogen-bond acceptors (Lipinski definition) is 9. The van der Waals surface area contributed by atoms with Crippen molar-refractivity contribution in [2.45, 2.75) is 68.9 Å². The summed E-state index contributed by atoms with van der Waals surface area (Å²) in [7, 11) is -6.66. The van der Waals surface area contributed by atoms with Crippen LogP contribution in [0.2, 0.25) is 0 Å². The minimum atomic E-state index is -6.68. The topological polar surface area (TPSA) is 119 Å². The molecule has 0 aliphatic carbocycles. The van der Waals surface area contributed by atoms with Crippen LogP contribution in [0, 0.1) is 0 Å². The van der Waals surface area contributed by atoms with Gasteiger partial charge in [0, 0.05) is 26.4 Å². The van der Waals surface area contributed by atoms with Gasteiger partial charge in [-0.1, -0.05) is 18.2 Å². The Morgan fingerprint density at radius 2 is 1.15 bits per heavy atom. The first-order valence-corrected chi connectivity index (χ1v) is 18.5. The molecule has 0 amide bonds. The monoisotopic (exact) mass is 917 g/mol. The molecule has 0 bridgehead atoms. The number of ether oxygens (including phenoxy) is 7. The Labute approximate surface area is 328 Å². The van der Waals surface area contributed by atoms with Crippen molar-refractivity contribution in [1.82, 2.24) is 0 Å². The quantitative estimate of drug-likeness (QED) is 0.0542. The largest absolute Gasteiger partial charge is 0.490 e. The molecule has 0 aliphatic heterocycles. The van der Waals surface area contributed by atoms with Gasteiger partial charge in [-0.3, -0.25) is 4.55 Å². The van der Waals surface area contributed by atoms with Gasteiger partial charge >= 0.3 is 40.1 Å². The molecule has 59 heavy (non-hydrogen) atoms. The zero-order chi connectivity index (χ0) is 44.9. The lowest BCUT2D eigenvalue weighted by Gasteiger charge is -2.36. The van der Waals surface area contributed by atoms with E-state index in [0.717, 1.165) is 38.5 Å². The highest BCUT2D eigenvalue weighted by Crippen LogP contribution is 2.47. The van der Waals surface area contributed by atoms with Gasteiger partial charge in [0.25, 0.3) is 11.7 Å². The first-order chi connectivity index (χ1) is 27.0. The summed E-state index contributed by atoms with van der Waals surface area (Å²) >= 11 is 0. The Hall–Kier alpha value is -3.82. The summed E-state index contributed by atoms with van der Waals surface area (Å²) in [6.07, 6.45) is -28.0. The second kappa shape index (κ2) is 18.4. The van der Waals surface area contributed by atoms with Crippen molar-refractivity contribution in [2.24, 2.45) is 0 Å². The number of alkyl halides is 14. The second-order valence-electron chi connectivity index (χ2n) is 12.0. The highest BCUT2D eigenvalue weighted by molar-refractivity contribution is 7.97. The summed E-state index contributed by atoms with van der Waals surface area (Å²) in [5, 5.41) is -5.90. The molecular formula is C33H31F14O10S2+. The van der Waals surface area contributed by atoms with E-state index in [-0.39, 0.29) is 14.7 Å². The molecule has 1 N–H and O–H groups in total. The van der Waals surface area contributed by atoms with Crippen molar-refractivity contribution >= 4 is 21.0 Å². The van der Waals surface area contributed by atoms with Crippen LogP contribution < -0.4 is 14.2 Å². The van der Waals surface area contributed by atoms with E-state index in [1.165, 1.54) is 30.3 Å². The molecule has 0 heterocycles. The number of rotatable bonds is 19. The van der Waals surface area contributed by atoms with Gasteiger partial charge in [0.05, 0.1) is 0 Å². The van der Waals surface area contributed by atoms with Gasteiger partial charge in [-0.25, -0.2) is 0 Å². The van der Waals surface area contributed by atoms with Gasteiger partial charge < -0.3 is 33.2 Å². The van der Waals surface area contributed by atoms with Crippen LogP contribution in [0.4, 0.5) is 61.5 Å². The lowest BCUT2D eigenvalue weighted by Crippen LogP contribution is -2.62. The van der Waals surface area contributed by atoms with Crippen LogP contribution in [0.3, 0.4) is 0 Å². The molecule has 3 aromatic rings. The van der Waals surface area contributed by atoms with E-state index < -0.39 is 112 Å². The van der Waals surface area contributed by atoms with E-state index in [0.29, 0.717) is 25.1 Å². The van der Waals surface area contributed by atoms with Gasteiger partial charge in [-0.2, -0.15) is 69.9 Å². The first kappa shape index (κ1) is 49.5. The molecule has 3 unspecified atom stereocenters. The van der Waals surface area contributed by atoms with Crippen molar-refractivity contribution in [3.05, 3.63) is 72.8 Å². The summed E-state index contributed by atoms with van der Waals surface area (Å²) < 4.78 is 259. The van der Waals surface area contributed by atoms with Crippen molar-refractivity contribution in [3.8, 4) is 17.2 Å². The Balaban J connectivity index is 2.23. The van der Waals surface area contributed by atoms with E-state index in [1.54, 1.807) is 0 Å². The fourth-order valence-corrected chi connectivity index (χ4v) is 7.13. The van der Waals surface area contributed by atoms with Crippen LogP contribution in [0.1, 0.15) is 6.92 Å². The molecule has 0 radical (unpaired) electrons. The van der Waals surface area contributed by atoms with Crippen molar-refractivity contribution < 1.29 is 108 Å². The molecule has 26 heteroatoms. The van der Waals surface area contributed by atoms with Gasteiger partial charge in [0.15, 0.2) is 21.1 Å². The molecule has 0 spiro atoms. The average molecular weight is 918 g/mol. The molecule has 332 valence electrons. The molecule has 3 rings (SSSR count). The normalized spacial score (nSPS) is 15.6.